The molecule has 8 rings (SSSR count). The summed E-state index contributed by atoms with van der Waals surface area (Å²) < 4.78 is 196. The minimum absolute atomic E-state index is 0.00619. The zero-order valence-corrected chi connectivity index (χ0v) is 48.2. The van der Waals surface area contributed by atoms with Gasteiger partial charge in [0.25, 0.3) is 74.2 Å². The van der Waals surface area contributed by atoms with Gasteiger partial charge in [-0.25, -0.2) is 4.79 Å². The number of hydrogen-bond donors (Lipinski definition) is 11. The molecule has 448 valence electrons. The lowest BCUT2D eigenvalue weighted by atomic mass is 10.1. The summed E-state index contributed by atoms with van der Waals surface area (Å²) in [4.78, 5) is 62.4. The largest absolute Gasteiger partial charge is 0.425 e. The molecule has 8 aromatic rings. The molecule has 0 bridgehead atoms. The molecule has 8 aromatic carbocycles. The molecule has 0 atom stereocenters. The first kappa shape index (κ1) is 64.2. The van der Waals surface area contributed by atoms with Crippen LogP contribution in [0.4, 0.5) is 38.9 Å². The van der Waals surface area contributed by atoms with Crippen LogP contribution in [-0.4, -0.2) is 107 Å². The molecule has 0 spiro atoms. The molecule has 0 aliphatic rings. The van der Waals surface area contributed by atoms with E-state index in [0.29, 0.717) is 35.4 Å². The zero-order valence-electron chi connectivity index (χ0n) is 43.3. The van der Waals surface area contributed by atoms with Crippen LogP contribution in [0.15, 0.2) is 164 Å². The van der Waals surface area contributed by atoms with Crippen LogP contribution in [0.5, 0.6) is 0 Å². The van der Waals surface area contributed by atoms with E-state index in [2.05, 4.69) is 31.9 Å². The average molecular weight is 1300 g/mol. The normalized spacial score (nSPS) is 11.8. The molecule has 0 aliphatic heterocycles. The van der Waals surface area contributed by atoms with Crippen LogP contribution in [0.25, 0.3) is 21.5 Å². The van der Waals surface area contributed by atoms with Gasteiger partial charge in [-0.05, 0) is 133 Å². The fourth-order valence-electron chi connectivity index (χ4n) is 8.24. The van der Waals surface area contributed by atoms with Crippen molar-refractivity contribution in [2.75, 3.05) is 31.9 Å². The topological polar surface area (TPSA) is 481 Å². The van der Waals surface area contributed by atoms with E-state index in [1.165, 1.54) is 103 Å². The summed E-state index contributed by atoms with van der Waals surface area (Å²) in [7, 11) is -29.0. The van der Waals surface area contributed by atoms with E-state index in [1.807, 2.05) is 0 Å². The molecule has 86 heavy (non-hydrogen) atoms. The van der Waals surface area contributed by atoms with Gasteiger partial charge < -0.3 is 31.9 Å². The second kappa shape index (κ2) is 24.7. The SMILES string of the molecule is Cc1ccc(C(=O)Nc2cccc3cc(S(=O)(=O)O)cc(S(=O)(=O)O)c23)cc1NC(=O)c1cccc(NC(=O)Nc2cccc(C(=O)Nc3cc(C(=O)Nc4ccc(S(=O)(=O)O)c5cc(S(=O)(=O)O)cc(S(=O)(=O)O)c45)ccc3C)c2)c1.O=S(=O)=O. The van der Waals surface area contributed by atoms with Crippen LogP contribution < -0.4 is 31.9 Å². The van der Waals surface area contributed by atoms with Crippen molar-refractivity contribution in [3.63, 3.8) is 0 Å². The highest BCUT2D eigenvalue weighted by molar-refractivity contribution is 7.87. The van der Waals surface area contributed by atoms with Crippen LogP contribution >= 0.6 is 0 Å². The van der Waals surface area contributed by atoms with Crippen molar-refractivity contribution in [3.8, 4) is 0 Å². The van der Waals surface area contributed by atoms with E-state index in [1.54, 1.807) is 13.8 Å². The van der Waals surface area contributed by atoms with Gasteiger partial charge in [-0.15, -0.1) is 12.6 Å². The lowest BCUT2D eigenvalue weighted by Gasteiger charge is -2.16. The third-order valence-corrected chi connectivity index (χ3v) is 16.4. The summed E-state index contributed by atoms with van der Waals surface area (Å²) in [5.74, 6) is -3.23. The van der Waals surface area contributed by atoms with Gasteiger partial charge in [0, 0.05) is 61.2 Å². The third-order valence-electron chi connectivity index (χ3n) is 12.1. The van der Waals surface area contributed by atoms with Gasteiger partial charge in [0.1, 0.15) is 14.7 Å². The van der Waals surface area contributed by atoms with Crippen molar-refractivity contribution in [2.45, 2.75) is 38.3 Å². The lowest BCUT2D eigenvalue weighted by molar-refractivity contribution is 0.101. The number of nitrogens with one attached hydrogen (secondary N) is 6. The maximum absolute atomic E-state index is 13.7. The van der Waals surface area contributed by atoms with Crippen LogP contribution in [0.3, 0.4) is 0 Å². The lowest BCUT2D eigenvalue weighted by Crippen LogP contribution is -2.21. The molecule has 6 amide bonds. The van der Waals surface area contributed by atoms with Gasteiger partial charge in [-0.3, -0.25) is 41.9 Å². The van der Waals surface area contributed by atoms with E-state index in [-0.39, 0.29) is 61.5 Å². The Morgan fingerprint density at radius 3 is 1.15 bits per heavy atom. The number of aryl methyl sites for hydroxylation is 2. The molecular formula is C51H40N6O23S6. The number of hydrogen-bond acceptors (Lipinski definition) is 18. The number of urea groups is 1. The fourth-order valence-corrected chi connectivity index (χ4v) is 11.7. The predicted molar refractivity (Wildman–Crippen MR) is 306 cm³/mol. The summed E-state index contributed by atoms with van der Waals surface area (Å²) in [6.45, 7) is 3.21. The standard InChI is InChI=1S/C51H40N6O20S5.O3S/c1-26-12-14-31(49(60)54-38-11-5-6-28-20-35(78(63,64)65)24-43(45(28)38)81(72,73)74)21-40(26)56-47(58)29-7-3-9-33(18-29)52-51(62)53-34-10-4-8-30(19-34)48(59)57-41-22-32(15-13-27(41)2)50(61)55-39-16-17-42(80(69,70)71)37-23-36(79(66,67)68)25-44(46(37)39)82(75,76)77;1-4(2)3/h3-25H,1-2H3,(H,54,60)(H,55,61)(H,56,58)(H,57,59)(H2,52,53,62)(H,63,64,65)(H,66,67,68)(H,69,70,71)(H,72,73,74)(H,75,76,77);. The number of benzene rings is 8. The zero-order chi connectivity index (χ0) is 63.6. The van der Waals surface area contributed by atoms with E-state index >= 15 is 0 Å². The van der Waals surface area contributed by atoms with Crippen LogP contribution in [-0.2, 0) is 61.2 Å². The molecule has 11 N–H and O–H groups in total. The highest BCUT2D eigenvalue weighted by Crippen LogP contribution is 2.38. The first-order valence-corrected chi connectivity index (χ1v) is 31.7. The molecule has 0 saturated heterocycles. The first-order valence-electron chi connectivity index (χ1n) is 23.5. The van der Waals surface area contributed by atoms with Crippen molar-refractivity contribution in [3.05, 3.63) is 173 Å². The van der Waals surface area contributed by atoms with E-state index in [9.17, 15) is 88.8 Å². The second-order valence-electron chi connectivity index (χ2n) is 18.0. The minimum atomic E-state index is -5.43. The summed E-state index contributed by atoms with van der Waals surface area (Å²) in [5, 5.41) is 13.4. The van der Waals surface area contributed by atoms with Gasteiger partial charge >= 0.3 is 16.6 Å². The number of anilines is 6. The van der Waals surface area contributed by atoms with Crippen LogP contribution in [0.2, 0.25) is 0 Å². The third kappa shape index (κ3) is 15.5. The van der Waals surface area contributed by atoms with Crippen molar-refractivity contribution in [2.24, 2.45) is 0 Å². The Balaban J connectivity index is 0.00000256. The quantitative estimate of drug-likeness (QED) is 0.0488. The number of carbonyl (C=O) groups is 5. The average Bonchev–Trinajstić information content (AvgIpc) is 0.766. The van der Waals surface area contributed by atoms with Gasteiger partial charge in [-0.2, -0.15) is 42.1 Å². The van der Waals surface area contributed by atoms with E-state index < -0.39 is 132 Å². The highest BCUT2D eigenvalue weighted by Gasteiger charge is 2.28. The molecule has 0 aromatic heterocycles. The molecule has 0 saturated carbocycles. The van der Waals surface area contributed by atoms with Gasteiger partial charge in [-0.1, -0.05) is 36.4 Å². The number of fused-ring (bicyclic) bond motifs is 2. The summed E-state index contributed by atoms with van der Waals surface area (Å²) in [6, 6.07) is 26.5. The van der Waals surface area contributed by atoms with Gasteiger partial charge in [0.05, 0.1) is 21.2 Å². The molecule has 29 nitrogen and oxygen atoms in total. The maximum atomic E-state index is 13.7. The Morgan fingerprint density at radius 1 is 0.360 bits per heavy atom. The Bertz CT molecular complexity index is 4940. The summed E-state index contributed by atoms with van der Waals surface area (Å²) in [5.41, 5.74) is 0.617. The Labute approximate surface area is 488 Å². The number of amides is 6. The number of carbonyl (C=O) groups excluding carboxylic acids is 5. The van der Waals surface area contributed by atoms with Crippen LogP contribution in [0, 0.1) is 13.8 Å². The molecule has 0 radical (unpaired) electrons. The van der Waals surface area contributed by atoms with Gasteiger partial charge in [0.15, 0.2) is 0 Å². The molecular weight excluding hydrogens is 1260 g/mol. The van der Waals surface area contributed by atoms with Crippen molar-refractivity contribution >= 4 is 147 Å². The molecule has 0 aliphatic carbocycles. The predicted octanol–water partition coefficient (Wildman–Crippen LogP) is 6.49. The van der Waals surface area contributed by atoms with Crippen LogP contribution in [0.1, 0.15) is 52.6 Å². The minimum Gasteiger partial charge on any atom is -0.322 e. The molecule has 0 unspecified atom stereocenters. The fraction of sp³-hybridized carbons (Fsp3) is 0.0392. The van der Waals surface area contributed by atoms with E-state index in [4.69, 9.17) is 12.6 Å². The Morgan fingerprint density at radius 2 is 0.733 bits per heavy atom. The summed E-state index contributed by atoms with van der Waals surface area (Å²) in [6.07, 6.45) is 0. The summed E-state index contributed by atoms with van der Waals surface area (Å²) >= 11 is 0. The Hall–Kier alpha value is -9.40. The monoisotopic (exact) mass is 1300 g/mol. The van der Waals surface area contributed by atoms with E-state index in [0.717, 1.165) is 12.1 Å². The molecule has 0 heterocycles. The first-order chi connectivity index (χ1) is 39.9. The van der Waals surface area contributed by atoms with Crippen molar-refractivity contribution < 1.29 is 101 Å². The second-order valence-corrected chi connectivity index (χ2v) is 25.4. The highest BCUT2D eigenvalue weighted by atomic mass is 32.2. The van der Waals surface area contributed by atoms with Gasteiger partial charge in [0.2, 0.25) is 0 Å². The Kier molecular flexibility index (Phi) is 18.4. The molecule has 0 fully saturated rings. The van der Waals surface area contributed by atoms with Crippen molar-refractivity contribution in [1.29, 1.82) is 0 Å². The smallest absolute Gasteiger partial charge is 0.322 e. The molecule has 35 heteroatoms. The number of rotatable bonds is 15. The maximum Gasteiger partial charge on any atom is 0.425 e. The van der Waals surface area contributed by atoms with Crippen molar-refractivity contribution in [1.82, 2.24) is 0 Å².